The third kappa shape index (κ3) is 3.37. The number of rotatable bonds is 4. The van der Waals surface area contributed by atoms with Crippen molar-refractivity contribution in [2.45, 2.75) is 49.7 Å². The van der Waals surface area contributed by atoms with Crippen LogP contribution in [0.3, 0.4) is 0 Å². The topological polar surface area (TPSA) is 110 Å². The van der Waals surface area contributed by atoms with E-state index in [4.69, 9.17) is 28.4 Å². The van der Waals surface area contributed by atoms with Gasteiger partial charge in [0.2, 0.25) is 0 Å². The highest BCUT2D eigenvalue weighted by atomic mass is 16.6. The van der Waals surface area contributed by atoms with E-state index >= 15 is 0 Å². The normalized spacial score (nSPS) is 44.2. The van der Waals surface area contributed by atoms with E-state index in [9.17, 15) is 14.7 Å². The van der Waals surface area contributed by atoms with Gasteiger partial charge < -0.3 is 33.5 Å². The van der Waals surface area contributed by atoms with Crippen LogP contribution in [0.4, 0.5) is 0 Å². The zero-order valence-corrected chi connectivity index (χ0v) is 14.3. The van der Waals surface area contributed by atoms with Gasteiger partial charge in [-0.1, -0.05) is 6.92 Å². The highest BCUT2D eigenvalue weighted by Gasteiger charge is 2.49. The fraction of sp³-hybridized carbons (Fsp3) is 0.765. The zero-order valence-electron chi connectivity index (χ0n) is 14.3. The third-order valence-electron chi connectivity index (χ3n) is 5.13. The minimum atomic E-state index is -0.716. The minimum Gasteiger partial charge on any atom is -0.454 e. The van der Waals surface area contributed by atoms with Gasteiger partial charge in [-0.05, 0) is 0 Å². The number of aliphatic hydroxyl groups excluding tert-OH is 1. The lowest BCUT2D eigenvalue weighted by Gasteiger charge is -2.16. The summed E-state index contributed by atoms with van der Waals surface area (Å²) in [5.74, 6) is -1.09. The molecule has 0 aromatic heterocycles. The van der Waals surface area contributed by atoms with Gasteiger partial charge in [0, 0.05) is 18.1 Å². The van der Waals surface area contributed by atoms with E-state index < -0.39 is 42.5 Å². The average Bonchev–Trinajstić information content (AvgIpc) is 3.35. The molecule has 4 saturated heterocycles. The molecule has 4 rings (SSSR count). The largest absolute Gasteiger partial charge is 0.454 e. The van der Waals surface area contributed by atoms with E-state index in [0.717, 1.165) is 12.2 Å². The monoisotopic (exact) mass is 370 g/mol. The number of esters is 2. The van der Waals surface area contributed by atoms with Crippen LogP contribution in [0.1, 0.15) is 6.92 Å². The first-order valence-corrected chi connectivity index (χ1v) is 8.76. The molecule has 0 unspecified atom stereocenters. The summed E-state index contributed by atoms with van der Waals surface area (Å²) in [5.41, 5.74) is 0. The molecule has 0 aromatic rings. The Labute approximate surface area is 150 Å². The van der Waals surface area contributed by atoms with Crippen molar-refractivity contribution in [3.8, 4) is 0 Å². The second kappa shape index (κ2) is 7.24. The Morgan fingerprint density at radius 3 is 1.96 bits per heavy atom. The van der Waals surface area contributed by atoms with E-state index in [1.165, 1.54) is 0 Å². The molecule has 0 aliphatic carbocycles. The Hall–Kier alpha value is -1.52. The van der Waals surface area contributed by atoms with Crippen LogP contribution in [0.25, 0.3) is 0 Å². The molecule has 8 atom stereocenters. The van der Waals surface area contributed by atoms with E-state index in [1.54, 1.807) is 0 Å². The number of hydrogen-bond acceptors (Lipinski definition) is 9. The number of aliphatic hydroxyl groups is 1. The molecule has 0 aromatic carbocycles. The van der Waals surface area contributed by atoms with Gasteiger partial charge in [-0.3, -0.25) is 0 Å². The Morgan fingerprint density at radius 1 is 0.808 bits per heavy atom. The van der Waals surface area contributed by atoms with Crippen molar-refractivity contribution in [3.63, 3.8) is 0 Å². The smallest absolute Gasteiger partial charge is 0.331 e. The van der Waals surface area contributed by atoms with Crippen molar-refractivity contribution in [2.75, 3.05) is 26.4 Å². The van der Waals surface area contributed by atoms with Gasteiger partial charge in [-0.15, -0.1) is 0 Å². The van der Waals surface area contributed by atoms with Gasteiger partial charge in [-0.25, -0.2) is 9.59 Å². The van der Waals surface area contributed by atoms with Gasteiger partial charge >= 0.3 is 11.9 Å². The molecule has 144 valence electrons. The molecule has 4 aliphatic rings. The standard InChI is InChI=1S/C17H22O9/c1-8-4-21-16-10(6-23-14(8)16)25-12(19)2-3-13(20)26-11-7-24-15-9(18)5-22-17(11)15/h2-3,8-11,14-18H,4-7H2,1H3/t8-,9-,10-,11-,14+,15+,16+,17+/m0/s1. The molecule has 0 radical (unpaired) electrons. The van der Waals surface area contributed by atoms with Crippen LogP contribution >= 0.6 is 0 Å². The fourth-order valence-electron chi connectivity index (χ4n) is 3.81. The lowest BCUT2D eigenvalue weighted by Crippen LogP contribution is -2.34. The number of ether oxygens (including phenoxy) is 6. The molecule has 1 N–H and O–H groups in total. The van der Waals surface area contributed by atoms with Crippen LogP contribution < -0.4 is 0 Å². The molecule has 9 heteroatoms. The van der Waals surface area contributed by atoms with E-state index in [1.807, 2.05) is 6.92 Å². The summed E-state index contributed by atoms with van der Waals surface area (Å²) >= 11 is 0. The predicted molar refractivity (Wildman–Crippen MR) is 83.0 cm³/mol. The first kappa shape index (κ1) is 17.9. The number of carbonyl (C=O) groups is 2. The van der Waals surface area contributed by atoms with Gasteiger partial charge in [0.1, 0.15) is 24.4 Å². The summed E-state index contributed by atoms with van der Waals surface area (Å²) in [7, 11) is 0. The van der Waals surface area contributed by atoms with Crippen LogP contribution in [-0.4, -0.2) is 86.2 Å². The molecule has 4 fully saturated rings. The molecule has 0 spiro atoms. The Bertz CT molecular complexity index is 541. The van der Waals surface area contributed by atoms with Crippen LogP contribution in [0.15, 0.2) is 12.2 Å². The summed E-state index contributed by atoms with van der Waals surface area (Å²) < 4.78 is 32.5. The van der Waals surface area contributed by atoms with Crippen molar-refractivity contribution in [3.05, 3.63) is 12.2 Å². The van der Waals surface area contributed by atoms with E-state index in [0.29, 0.717) is 6.61 Å². The van der Waals surface area contributed by atoms with Crippen LogP contribution in [-0.2, 0) is 38.0 Å². The van der Waals surface area contributed by atoms with Crippen molar-refractivity contribution in [2.24, 2.45) is 5.92 Å². The van der Waals surface area contributed by atoms with Crippen LogP contribution in [0, 0.1) is 5.92 Å². The third-order valence-corrected chi connectivity index (χ3v) is 5.13. The summed E-state index contributed by atoms with van der Waals surface area (Å²) in [4.78, 5) is 23.8. The van der Waals surface area contributed by atoms with Crippen LogP contribution in [0.2, 0.25) is 0 Å². The summed E-state index contributed by atoms with van der Waals surface area (Å²) in [6.45, 7) is 3.18. The fourth-order valence-corrected chi connectivity index (χ4v) is 3.81. The molecule has 0 bridgehead atoms. The quantitative estimate of drug-likeness (QED) is 0.490. The number of fused-ring (bicyclic) bond motifs is 2. The van der Waals surface area contributed by atoms with Gasteiger partial charge in [0.05, 0.1) is 32.5 Å². The first-order chi connectivity index (χ1) is 12.5. The second-order valence-corrected chi connectivity index (χ2v) is 7.02. The minimum absolute atomic E-state index is 0.0566. The van der Waals surface area contributed by atoms with Gasteiger partial charge in [-0.2, -0.15) is 0 Å². The summed E-state index contributed by atoms with van der Waals surface area (Å²) in [5, 5.41) is 9.66. The maximum absolute atomic E-state index is 11.9. The molecule has 0 amide bonds. The summed E-state index contributed by atoms with van der Waals surface area (Å²) in [6, 6.07) is 0. The molecular formula is C17H22O9. The van der Waals surface area contributed by atoms with Gasteiger partial charge in [0.25, 0.3) is 0 Å². The van der Waals surface area contributed by atoms with E-state index in [2.05, 4.69) is 0 Å². The summed E-state index contributed by atoms with van der Waals surface area (Å²) in [6.07, 6.45) is -1.05. The molecular weight excluding hydrogens is 348 g/mol. The van der Waals surface area contributed by atoms with Crippen molar-refractivity contribution >= 4 is 11.9 Å². The average molecular weight is 370 g/mol. The maximum atomic E-state index is 11.9. The first-order valence-electron chi connectivity index (χ1n) is 8.76. The second-order valence-electron chi connectivity index (χ2n) is 7.02. The van der Waals surface area contributed by atoms with E-state index in [-0.39, 0.29) is 37.9 Å². The SMILES string of the molecule is C[C@H]1CO[C@H]2[C@@H]1OC[C@@H]2OC(=O)C=CC(=O)O[C@H]1CO[C@H]2[C@@H]1OC[C@@H]2O. The molecule has 26 heavy (non-hydrogen) atoms. The van der Waals surface area contributed by atoms with Crippen molar-refractivity contribution < 1.29 is 43.1 Å². The van der Waals surface area contributed by atoms with Gasteiger partial charge in [0.15, 0.2) is 12.2 Å². The van der Waals surface area contributed by atoms with Crippen molar-refractivity contribution in [1.29, 1.82) is 0 Å². The Morgan fingerprint density at radius 2 is 1.31 bits per heavy atom. The predicted octanol–water partition coefficient (Wildman–Crippen LogP) is -1.04. The highest BCUT2D eigenvalue weighted by Crippen LogP contribution is 2.32. The van der Waals surface area contributed by atoms with Crippen LogP contribution in [0.5, 0.6) is 0 Å². The molecule has 0 saturated carbocycles. The lowest BCUT2D eigenvalue weighted by atomic mass is 10.0. The molecule has 9 nitrogen and oxygen atoms in total. The number of carbonyl (C=O) groups excluding carboxylic acids is 2. The highest BCUT2D eigenvalue weighted by molar-refractivity contribution is 5.91. The molecule has 4 aliphatic heterocycles. The maximum Gasteiger partial charge on any atom is 0.331 e. The van der Waals surface area contributed by atoms with Crippen molar-refractivity contribution in [1.82, 2.24) is 0 Å². The lowest BCUT2D eigenvalue weighted by molar-refractivity contribution is -0.150. The Kier molecular flexibility index (Phi) is 4.98. The number of hydrogen-bond donors (Lipinski definition) is 1. The molecule has 4 heterocycles. The Balaban J connectivity index is 1.24. The zero-order chi connectivity index (χ0) is 18.3.